The van der Waals surface area contributed by atoms with Crippen LogP contribution in [0.5, 0.6) is 0 Å². The van der Waals surface area contributed by atoms with E-state index in [1.807, 2.05) is 31.3 Å². The Labute approximate surface area is 140 Å². The van der Waals surface area contributed by atoms with Gasteiger partial charge in [0.2, 0.25) is 5.95 Å². The molecule has 0 radical (unpaired) electrons. The first-order valence-electron chi connectivity index (χ1n) is 8.12. The van der Waals surface area contributed by atoms with Gasteiger partial charge in [-0.1, -0.05) is 0 Å². The summed E-state index contributed by atoms with van der Waals surface area (Å²) in [6, 6.07) is 6.42. The van der Waals surface area contributed by atoms with Crippen molar-refractivity contribution >= 4 is 17.0 Å². The Kier molecular flexibility index (Phi) is 4.82. The summed E-state index contributed by atoms with van der Waals surface area (Å²) in [5, 5.41) is 7.00. The SMILES string of the molecule is Cc1ccc(Cn2c(NC3CCNCC3)nc3ccncc32)o1.O. The van der Waals surface area contributed by atoms with E-state index in [1.165, 1.54) is 0 Å². The lowest BCUT2D eigenvalue weighted by atomic mass is 10.1. The van der Waals surface area contributed by atoms with E-state index in [0.717, 1.165) is 54.4 Å². The monoisotopic (exact) mass is 329 g/mol. The average Bonchev–Trinajstić information content (AvgIpc) is 3.13. The van der Waals surface area contributed by atoms with Gasteiger partial charge < -0.3 is 25.1 Å². The summed E-state index contributed by atoms with van der Waals surface area (Å²) in [6.07, 6.45) is 5.87. The lowest BCUT2D eigenvalue weighted by Gasteiger charge is -2.24. The van der Waals surface area contributed by atoms with Crippen molar-refractivity contribution in [1.82, 2.24) is 19.9 Å². The highest BCUT2D eigenvalue weighted by atomic mass is 16.3. The molecule has 0 aromatic carbocycles. The number of rotatable bonds is 4. The van der Waals surface area contributed by atoms with Crippen LogP contribution in [0.3, 0.4) is 0 Å². The summed E-state index contributed by atoms with van der Waals surface area (Å²) < 4.78 is 7.90. The van der Waals surface area contributed by atoms with Crippen LogP contribution < -0.4 is 10.6 Å². The van der Waals surface area contributed by atoms with Crippen molar-refractivity contribution in [3.8, 4) is 0 Å². The van der Waals surface area contributed by atoms with Crippen molar-refractivity contribution in [3.63, 3.8) is 0 Å². The lowest BCUT2D eigenvalue weighted by molar-refractivity contribution is 0.464. The smallest absolute Gasteiger partial charge is 0.204 e. The zero-order valence-electron chi connectivity index (χ0n) is 13.7. The van der Waals surface area contributed by atoms with Gasteiger partial charge >= 0.3 is 0 Å². The Hall–Kier alpha value is -2.38. The number of furan rings is 1. The van der Waals surface area contributed by atoms with Crippen LogP contribution in [-0.2, 0) is 6.54 Å². The molecule has 1 aliphatic heterocycles. The van der Waals surface area contributed by atoms with Crippen LogP contribution in [0.15, 0.2) is 35.0 Å². The molecule has 0 unspecified atom stereocenters. The molecular weight excluding hydrogens is 306 g/mol. The number of anilines is 1. The van der Waals surface area contributed by atoms with E-state index in [-0.39, 0.29) is 5.48 Å². The molecule has 0 bridgehead atoms. The third kappa shape index (κ3) is 3.27. The molecule has 1 aliphatic rings. The van der Waals surface area contributed by atoms with Gasteiger partial charge in [-0.05, 0) is 51.1 Å². The van der Waals surface area contributed by atoms with Gasteiger partial charge in [0.25, 0.3) is 0 Å². The molecule has 4 rings (SSSR count). The van der Waals surface area contributed by atoms with Crippen molar-refractivity contribution in [2.24, 2.45) is 0 Å². The lowest BCUT2D eigenvalue weighted by Crippen LogP contribution is -2.36. The minimum atomic E-state index is 0. The van der Waals surface area contributed by atoms with Crippen LogP contribution in [-0.4, -0.2) is 39.1 Å². The van der Waals surface area contributed by atoms with E-state index >= 15 is 0 Å². The Bertz CT molecular complexity index is 804. The van der Waals surface area contributed by atoms with E-state index < -0.39 is 0 Å². The number of aryl methyl sites for hydroxylation is 1. The molecule has 0 atom stereocenters. The molecule has 4 N–H and O–H groups in total. The molecule has 0 saturated carbocycles. The number of imidazole rings is 1. The Morgan fingerprint density at radius 1 is 1.29 bits per heavy atom. The van der Waals surface area contributed by atoms with Crippen molar-refractivity contribution in [3.05, 3.63) is 42.1 Å². The van der Waals surface area contributed by atoms with Gasteiger partial charge in [0.15, 0.2) is 0 Å². The maximum atomic E-state index is 5.74. The summed E-state index contributed by atoms with van der Waals surface area (Å²) in [6.45, 7) is 4.72. The minimum Gasteiger partial charge on any atom is -0.464 e. The summed E-state index contributed by atoms with van der Waals surface area (Å²) in [5.74, 6) is 2.75. The van der Waals surface area contributed by atoms with Gasteiger partial charge in [0, 0.05) is 12.2 Å². The molecule has 1 fully saturated rings. The van der Waals surface area contributed by atoms with Gasteiger partial charge in [0.1, 0.15) is 11.5 Å². The van der Waals surface area contributed by atoms with Gasteiger partial charge in [0.05, 0.1) is 23.8 Å². The molecule has 0 amide bonds. The molecule has 7 heteroatoms. The fraction of sp³-hybridized carbons (Fsp3) is 0.412. The maximum Gasteiger partial charge on any atom is 0.204 e. The number of fused-ring (bicyclic) bond motifs is 1. The minimum absolute atomic E-state index is 0. The summed E-state index contributed by atoms with van der Waals surface area (Å²) in [4.78, 5) is 9.01. The van der Waals surface area contributed by atoms with Gasteiger partial charge in [-0.2, -0.15) is 0 Å². The second-order valence-electron chi connectivity index (χ2n) is 6.07. The third-order valence-electron chi connectivity index (χ3n) is 4.33. The number of hydrogen-bond donors (Lipinski definition) is 2. The van der Waals surface area contributed by atoms with Gasteiger partial charge in [-0.25, -0.2) is 4.98 Å². The number of aromatic nitrogens is 3. The predicted octanol–water partition coefficient (Wildman–Crippen LogP) is 1.72. The van der Waals surface area contributed by atoms with Crippen molar-refractivity contribution in [2.45, 2.75) is 32.4 Å². The molecule has 24 heavy (non-hydrogen) atoms. The highest BCUT2D eigenvalue weighted by Gasteiger charge is 2.18. The van der Waals surface area contributed by atoms with Crippen molar-refractivity contribution < 1.29 is 9.89 Å². The quantitative estimate of drug-likeness (QED) is 0.759. The van der Waals surface area contributed by atoms with Crippen LogP contribution in [0, 0.1) is 6.92 Å². The molecule has 0 spiro atoms. The first kappa shape index (κ1) is 16.5. The molecule has 1 saturated heterocycles. The molecule has 3 aromatic rings. The van der Waals surface area contributed by atoms with Crippen LogP contribution in [0.4, 0.5) is 5.95 Å². The summed E-state index contributed by atoms with van der Waals surface area (Å²) in [7, 11) is 0. The first-order chi connectivity index (χ1) is 11.3. The van der Waals surface area contributed by atoms with Crippen molar-refractivity contribution in [2.75, 3.05) is 18.4 Å². The average molecular weight is 329 g/mol. The van der Waals surface area contributed by atoms with E-state index in [2.05, 4.69) is 20.2 Å². The standard InChI is InChI=1S/C17H21N5O.H2O/c1-12-2-3-14(23-12)11-22-16-10-19-9-6-15(16)21-17(22)20-13-4-7-18-8-5-13;/h2-3,6,9-10,13,18H,4-5,7-8,11H2,1H3,(H,20,21);1H2. The second kappa shape index (κ2) is 7.02. The van der Waals surface area contributed by atoms with E-state index in [1.54, 1.807) is 6.20 Å². The number of nitrogens with one attached hydrogen (secondary N) is 2. The molecule has 0 aliphatic carbocycles. The zero-order chi connectivity index (χ0) is 15.6. The maximum absolute atomic E-state index is 5.74. The number of nitrogens with zero attached hydrogens (tertiary/aromatic N) is 3. The van der Waals surface area contributed by atoms with E-state index in [9.17, 15) is 0 Å². The summed E-state index contributed by atoms with van der Waals surface area (Å²) in [5.41, 5.74) is 1.98. The van der Waals surface area contributed by atoms with Gasteiger partial charge in [-0.15, -0.1) is 0 Å². The summed E-state index contributed by atoms with van der Waals surface area (Å²) >= 11 is 0. The fourth-order valence-corrected chi connectivity index (χ4v) is 3.11. The Morgan fingerprint density at radius 3 is 2.88 bits per heavy atom. The van der Waals surface area contributed by atoms with Crippen LogP contribution in [0.1, 0.15) is 24.4 Å². The number of hydrogen-bond acceptors (Lipinski definition) is 5. The third-order valence-corrected chi connectivity index (χ3v) is 4.33. The Morgan fingerprint density at radius 2 is 2.12 bits per heavy atom. The topological polar surface area (TPSA) is 99.4 Å². The number of pyridine rings is 1. The normalized spacial score (nSPS) is 15.4. The molecule has 4 heterocycles. The van der Waals surface area contributed by atoms with E-state index in [0.29, 0.717) is 12.6 Å². The molecule has 128 valence electrons. The predicted molar refractivity (Wildman–Crippen MR) is 93.2 cm³/mol. The zero-order valence-corrected chi connectivity index (χ0v) is 13.7. The molecule has 3 aromatic heterocycles. The first-order valence-corrected chi connectivity index (χ1v) is 8.12. The number of piperidine rings is 1. The van der Waals surface area contributed by atoms with Crippen LogP contribution in [0.25, 0.3) is 11.0 Å². The molecule has 7 nitrogen and oxygen atoms in total. The highest BCUT2D eigenvalue weighted by Crippen LogP contribution is 2.23. The van der Waals surface area contributed by atoms with E-state index in [4.69, 9.17) is 9.40 Å². The van der Waals surface area contributed by atoms with Crippen LogP contribution >= 0.6 is 0 Å². The second-order valence-corrected chi connectivity index (χ2v) is 6.07. The van der Waals surface area contributed by atoms with Crippen LogP contribution in [0.2, 0.25) is 0 Å². The van der Waals surface area contributed by atoms with Crippen molar-refractivity contribution in [1.29, 1.82) is 0 Å². The Balaban J connectivity index is 0.00000169. The van der Waals surface area contributed by atoms with Gasteiger partial charge in [-0.3, -0.25) is 4.98 Å². The fourth-order valence-electron chi connectivity index (χ4n) is 3.11. The molecular formula is C17H23N5O2. The largest absolute Gasteiger partial charge is 0.464 e. The highest BCUT2D eigenvalue weighted by molar-refractivity contribution is 5.77.